The Morgan fingerprint density at radius 3 is 2.81 bits per heavy atom. The molecule has 2 heterocycles. The molecule has 1 atom stereocenters. The molecule has 1 amide bonds. The second-order valence-electron chi connectivity index (χ2n) is 4.40. The quantitative estimate of drug-likeness (QED) is 0.797. The third-order valence-corrected chi connectivity index (χ3v) is 3.34. The molecule has 1 unspecified atom stereocenters. The lowest BCUT2D eigenvalue weighted by Gasteiger charge is -2.16. The molecule has 1 aromatic rings. The number of amides is 1. The number of anilines is 1. The zero-order valence-electron chi connectivity index (χ0n) is 9.60. The standard InChI is InChI=1S/C12H16N2OS/c1-8-3-9(2)13-11(4-8)14-6-10(7-16)5-12(14)15/h3-4,10,16H,5-7H2,1-2H3. The summed E-state index contributed by atoms with van der Waals surface area (Å²) in [7, 11) is 0. The van der Waals surface area contributed by atoms with Gasteiger partial charge in [-0.25, -0.2) is 4.98 Å². The van der Waals surface area contributed by atoms with Crippen molar-refractivity contribution in [2.75, 3.05) is 17.2 Å². The van der Waals surface area contributed by atoms with Crippen molar-refractivity contribution in [1.29, 1.82) is 0 Å². The van der Waals surface area contributed by atoms with Gasteiger partial charge in [-0.05, 0) is 43.2 Å². The number of aromatic nitrogens is 1. The number of pyridine rings is 1. The largest absolute Gasteiger partial charge is 0.296 e. The molecule has 16 heavy (non-hydrogen) atoms. The van der Waals surface area contributed by atoms with Crippen molar-refractivity contribution >= 4 is 24.4 Å². The van der Waals surface area contributed by atoms with Crippen molar-refractivity contribution in [2.45, 2.75) is 20.3 Å². The van der Waals surface area contributed by atoms with E-state index < -0.39 is 0 Å². The summed E-state index contributed by atoms with van der Waals surface area (Å²) < 4.78 is 0. The first-order chi connectivity index (χ1) is 7.60. The van der Waals surface area contributed by atoms with Gasteiger partial charge in [0, 0.05) is 18.7 Å². The molecule has 0 aromatic carbocycles. The van der Waals surface area contributed by atoms with Crippen molar-refractivity contribution < 1.29 is 4.79 Å². The number of nitrogens with zero attached hydrogens (tertiary/aromatic N) is 2. The molecule has 1 saturated heterocycles. The Kier molecular flexibility index (Phi) is 3.19. The van der Waals surface area contributed by atoms with Crippen molar-refractivity contribution in [3.05, 3.63) is 23.4 Å². The molecule has 0 saturated carbocycles. The summed E-state index contributed by atoms with van der Waals surface area (Å²) in [6, 6.07) is 3.98. The van der Waals surface area contributed by atoms with Crippen LogP contribution in [0.3, 0.4) is 0 Å². The number of rotatable bonds is 2. The van der Waals surface area contributed by atoms with Crippen molar-refractivity contribution in [2.24, 2.45) is 5.92 Å². The maximum atomic E-state index is 11.8. The topological polar surface area (TPSA) is 33.2 Å². The maximum Gasteiger partial charge on any atom is 0.228 e. The number of thiol groups is 1. The molecule has 0 radical (unpaired) electrons. The summed E-state index contributed by atoms with van der Waals surface area (Å²) in [4.78, 5) is 18.0. The third-order valence-electron chi connectivity index (χ3n) is 2.82. The first-order valence-corrected chi connectivity index (χ1v) is 6.10. The lowest BCUT2D eigenvalue weighted by atomic mass is 10.1. The van der Waals surface area contributed by atoms with Crippen LogP contribution in [-0.4, -0.2) is 23.2 Å². The smallest absolute Gasteiger partial charge is 0.228 e. The Balaban J connectivity index is 2.27. The average Bonchev–Trinajstić information content (AvgIpc) is 2.58. The first-order valence-electron chi connectivity index (χ1n) is 5.46. The predicted octanol–water partition coefficient (Wildman–Crippen LogP) is 1.98. The highest BCUT2D eigenvalue weighted by Gasteiger charge is 2.30. The molecule has 86 valence electrons. The number of carbonyl (C=O) groups is 1. The van der Waals surface area contributed by atoms with E-state index in [1.54, 1.807) is 4.90 Å². The third kappa shape index (κ3) is 2.21. The molecule has 1 aliphatic heterocycles. The molecule has 1 aromatic heterocycles. The number of hydrogen-bond donors (Lipinski definition) is 1. The van der Waals surface area contributed by atoms with Crippen LogP contribution >= 0.6 is 12.6 Å². The summed E-state index contributed by atoms with van der Waals surface area (Å²) in [6.07, 6.45) is 0.595. The monoisotopic (exact) mass is 236 g/mol. The van der Waals surface area contributed by atoms with Gasteiger partial charge in [-0.15, -0.1) is 0 Å². The summed E-state index contributed by atoms with van der Waals surface area (Å²) in [5, 5.41) is 0. The fourth-order valence-corrected chi connectivity index (χ4v) is 2.33. The highest BCUT2D eigenvalue weighted by Crippen LogP contribution is 2.25. The van der Waals surface area contributed by atoms with Crippen LogP contribution in [0.25, 0.3) is 0 Å². The summed E-state index contributed by atoms with van der Waals surface area (Å²) in [5.41, 5.74) is 2.10. The van der Waals surface area contributed by atoms with Crippen LogP contribution in [0.2, 0.25) is 0 Å². The Morgan fingerprint density at radius 2 is 2.25 bits per heavy atom. The minimum Gasteiger partial charge on any atom is -0.296 e. The molecule has 4 heteroatoms. The van der Waals surface area contributed by atoms with E-state index in [0.717, 1.165) is 29.4 Å². The van der Waals surface area contributed by atoms with Crippen molar-refractivity contribution in [1.82, 2.24) is 4.98 Å². The molecule has 0 bridgehead atoms. The van der Waals surface area contributed by atoms with Gasteiger partial charge in [0.1, 0.15) is 5.82 Å². The molecule has 1 fully saturated rings. The molecule has 2 rings (SSSR count). The number of hydrogen-bond acceptors (Lipinski definition) is 3. The van der Waals surface area contributed by atoms with Gasteiger partial charge in [0.25, 0.3) is 0 Å². The fraction of sp³-hybridized carbons (Fsp3) is 0.500. The summed E-state index contributed by atoms with van der Waals surface area (Å²) >= 11 is 4.25. The van der Waals surface area contributed by atoms with Gasteiger partial charge >= 0.3 is 0 Å². The van der Waals surface area contributed by atoms with Crippen LogP contribution in [0.15, 0.2) is 12.1 Å². The minimum absolute atomic E-state index is 0.163. The lowest BCUT2D eigenvalue weighted by Crippen LogP contribution is -2.26. The minimum atomic E-state index is 0.163. The van der Waals surface area contributed by atoms with Gasteiger partial charge in [-0.2, -0.15) is 12.6 Å². The maximum absolute atomic E-state index is 11.8. The lowest BCUT2D eigenvalue weighted by molar-refractivity contribution is -0.117. The molecule has 1 aliphatic rings. The number of aryl methyl sites for hydroxylation is 2. The molecular formula is C12H16N2OS. The van der Waals surface area contributed by atoms with Crippen LogP contribution in [0.4, 0.5) is 5.82 Å². The van der Waals surface area contributed by atoms with Gasteiger partial charge in [-0.3, -0.25) is 9.69 Å². The van der Waals surface area contributed by atoms with Crippen LogP contribution in [0, 0.1) is 19.8 Å². The van der Waals surface area contributed by atoms with Crippen molar-refractivity contribution in [3.63, 3.8) is 0 Å². The van der Waals surface area contributed by atoms with E-state index in [1.165, 1.54) is 0 Å². The Bertz CT molecular complexity index is 399. The first kappa shape index (κ1) is 11.5. The second kappa shape index (κ2) is 4.45. The Hall–Kier alpha value is -1.03. The van der Waals surface area contributed by atoms with Crippen LogP contribution in [-0.2, 0) is 4.79 Å². The molecule has 0 N–H and O–H groups in total. The van der Waals surface area contributed by atoms with E-state index in [9.17, 15) is 4.79 Å². The zero-order chi connectivity index (χ0) is 11.7. The SMILES string of the molecule is Cc1cc(C)nc(N2CC(CS)CC2=O)c1. The van der Waals surface area contributed by atoms with Gasteiger partial charge in [0.05, 0.1) is 0 Å². The van der Waals surface area contributed by atoms with E-state index >= 15 is 0 Å². The second-order valence-corrected chi connectivity index (χ2v) is 4.77. The fourth-order valence-electron chi connectivity index (χ4n) is 2.08. The van der Waals surface area contributed by atoms with Crippen LogP contribution in [0.5, 0.6) is 0 Å². The van der Waals surface area contributed by atoms with E-state index in [0.29, 0.717) is 12.3 Å². The van der Waals surface area contributed by atoms with E-state index in [1.807, 2.05) is 26.0 Å². The highest BCUT2D eigenvalue weighted by molar-refractivity contribution is 7.80. The van der Waals surface area contributed by atoms with Gasteiger partial charge in [0.15, 0.2) is 0 Å². The molecule has 0 aliphatic carbocycles. The van der Waals surface area contributed by atoms with E-state index in [2.05, 4.69) is 17.6 Å². The van der Waals surface area contributed by atoms with Crippen LogP contribution < -0.4 is 4.90 Å². The molecule has 3 nitrogen and oxygen atoms in total. The normalized spacial score (nSPS) is 20.6. The summed E-state index contributed by atoms with van der Waals surface area (Å²) in [6.45, 7) is 4.72. The summed E-state index contributed by atoms with van der Waals surface area (Å²) in [5.74, 6) is 2.06. The number of carbonyl (C=O) groups excluding carboxylic acids is 1. The van der Waals surface area contributed by atoms with Crippen molar-refractivity contribution in [3.8, 4) is 0 Å². The molecule has 0 spiro atoms. The zero-order valence-corrected chi connectivity index (χ0v) is 10.5. The van der Waals surface area contributed by atoms with E-state index in [-0.39, 0.29) is 5.91 Å². The predicted molar refractivity (Wildman–Crippen MR) is 68.0 cm³/mol. The van der Waals surface area contributed by atoms with Gasteiger partial charge < -0.3 is 0 Å². The Morgan fingerprint density at radius 1 is 1.50 bits per heavy atom. The van der Waals surface area contributed by atoms with Crippen LogP contribution in [0.1, 0.15) is 17.7 Å². The molecular weight excluding hydrogens is 220 g/mol. The van der Waals surface area contributed by atoms with Gasteiger partial charge in [-0.1, -0.05) is 0 Å². The van der Waals surface area contributed by atoms with Gasteiger partial charge in [0.2, 0.25) is 5.91 Å². The average molecular weight is 236 g/mol. The Labute approximate surface area is 101 Å². The highest BCUT2D eigenvalue weighted by atomic mass is 32.1. The van der Waals surface area contributed by atoms with E-state index in [4.69, 9.17) is 0 Å².